The first-order valence-corrected chi connectivity index (χ1v) is 9.33. The fourth-order valence-electron chi connectivity index (χ4n) is 3.75. The van der Waals surface area contributed by atoms with Crippen molar-refractivity contribution in [2.24, 2.45) is 5.10 Å². The molecular formula is C21H23N3O3. The molecule has 6 nitrogen and oxygen atoms in total. The number of amides is 2. The van der Waals surface area contributed by atoms with E-state index < -0.39 is 0 Å². The molecule has 1 saturated heterocycles. The van der Waals surface area contributed by atoms with Gasteiger partial charge in [0, 0.05) is 39.4 Å². The second-order valence-corrected chi connectivity index (χ2v) is 7.05. The Morgan fingerprint density at radius 2 is 2.00 bits per heavy atom. The molecule has 1 fully saturated rings. The van der Waals surface area contributed by atoms with E-state index in [1.54, 1.807) is 7.05 Å². The largest absolute Gasteiger partial charge is 0.374 e. The number of benzene rings is 2. The standard InChI is InChI=1S/C21H23N3O3/c1-23-20(25)10-9-19(22-23)21(26)24-11-12-27-17(14-24)13-16-7-4-6-15-5-2-3-8-18(15)16/h2-8,17H,9-14H2,1H3/t17-/m1/s1. The van der Waals surface area contributed by atoms with E-state index in [0.29, 0.717) is 38.2 Å². The summed E-state index contributed by atoms with van der Waals surface area (Å²) in [5.74, 6) is -0.136. The van der Waals surface area contributed by atoms with Crippen molar-refractivity contribution in [3.8, 4) is 0 Å². The van der Waals surface area contributed by atoms with Gasteiger partial charge in [0.25, 0.3) is 5.91 Å². The van der Waals surface area contributed by atoms with Gasteiger partial charge in [-0.2, -0.15) is 5.10 Å². The molecule has 0 aromatic heterocycles. The van der Waals surface area contributed by atoms with Crippen molar-refractivity contribution < 1.29 is 14.3 Å². The van der Waals surface area contributed by atoms with Crippen LogP contribution in [0.2, 0.25) is 0 Å². The van der Waals surface area contributed by atoms with Crippen molar-refractivity contribution in [1.29, 1.82) is 0 Å². The van der Waals surface area contributed by atoms with E-state index in [1.165, 1.54) is 21.3 Å². The number of hydrazone groups is 1. The molecule has 0 N–H and O–H groups in total. The van der Waals surface area contributed by atoms with Gasteiger partial charge in [0.1, 0.15) is 5.71 Å². The summed E-state index contributed by atoms with van der Waals surface area (Å²) in [5.41, 5.74) is 1.69. The van der Waals surface area contributed by atoms with Crippen LogP contribution in [0.1, 0.15) is 18.4 Å². The van der Waals surface area contributed by atoms with Gasteiger partial charge in [0.2, 0.25) is 5.91 Å². The fourth-order valence-corrected chi connectivity index (χ4v) is 3.75. The first kappa shape index (κ1) is 17.7. The maximum atomic E-state index is 12.8. The average Bonchev–Trinajstić information content (AvgIpc) is 2.70. The van der Waals surface area contributed by atoms with E-state index in [9.17, 15) is 9.59 Å². The maximum Gasteiger partial charge on any atom is 0.270 e. The number of nitrogens with zero attached hydrogens (tertiary/aromatic N) is 3. The minimum atomic E-state index is -0.0828. The van der Waals surface area contributed by atoms with Crippen LogP contribution in [0.25, 0.3) is 10.8 Å². The number of morpholine rings is 1. The van der Waals surface area contributed by atoms with Crippen molar-refractivity contribution in [2.45, 2.75) is 25.4 Å². The Hall–Kier alpha value is -2.73. The van der Waals surface area contributed by atoms with Crippen LogP contribution in [0.3, 0.4) is 0 Å². The van der Waals surface area contributed by atoms with Gasteiger partial charge in [-0.3, -0.25) is 9.59 Å². The fraction of sp³-hybridized carbons (Fsp3) is 0.381. The van der Waals surface area contributed by atoms with Crippen molar-refractivity contribution >= 4 is 28.3 Å². The summed E-state index contributed by atoms with van der Waals surface area (Å²) in [6, 6.07) is 14.6. The van der Waals surface area contributed by atoms with Crippen LogP contribution in [0.5, 0.6) is 0 Å². The second kappa shape index (κ2) is 7.48. The van der Waals surface area contributed by atoms with Crippen molar-refractivity contribution in [1.82, 2.24) is 9.91 Å². The van der Waals surface area contributed by atoms with Crippen molar-refractivity contribution in [3.05, 3.63) is 48.0 Å². The third-order valence-electron chi connectivity index (χ3n) is 5.21. The summed E-state index contributed by atoms with van der Waals surface area (Å²) in [5, 5.41) is 7.86. The Morgan fingerprint density at radius 3 is 2.85 bits per heavy atom. The predicted octanol–water partition coefficient (Wildman–Crippen LogP) is 2.22. The number of carbonyl (C=O) groups excluding carboxylic acids is 2. The lowest BCUT2D eigenvalue weighted by atomic mass is 9.99. The van der Waals surface area contributed by atoms with Crippen LogP contribution >= 0.6 is 0 Å². The molecular weight excluding hydrogens is 342 g/mol. The average molecular weight is 365 g/mol. The smallest absolute Gasteiger partial charge is 0.270 e. The molecule has 27 heavy (non-hydrogen) atoms. The zero-order valence-corrected chi connectivity index (χ0v) is 15.4. The van der Waals surface area contributed by atoms with Crippen LogP contribution < -0.4 is 0 Å². The summed E-state index contributed by atoms with van der Waals surface area (Å²) in [6.07, 6.45) is 1.46. The number of hydrogen-bond donors (Lipinski definition) is 0. The number of hydrogen-bond acceptors (Lipinski definition) is 4. The lowest BCUT2D eigenvalue weighted by Gasteiger charge is -2.34. The molecule has 2 aromatic rings. The Labute approximate surface area is 158 Å². The SMILES string of the molecule is CN1N=C(C(=O)N2CCO[C@H](Cc3cccc4ccccc34)C2)CCC1=O. The van der Waals surface area contributed by atoms with Crippen LogP contribution in [0.15, 0.2) is 47.6 Å². The number of carbonyl (C=O) groups is 2. The van der Waals surface area contributed by atoms with Crippen LogP contribution in [-0.4, -0.2) is 60.3 Å². The Bertz CT molecular complexity index is 903. The number of ether oxygens (including phenoxy) is 1. The third-order valence-corrected chi connectivity index (χ3v) is 5.21. The molecule has 1 atom stereocenters. The van der Waals surface area contributed by atoms with E-state index in [1.807, 2.05) is 17.0 Å². The monoisotopic (exact) mass is 365 g/mol. The van der Waals surface area contributed by atoms with E-state index in [-0.39, 0.29) is 17.9 Å². The van der Waals surface area contributed by atoms with Gasteiger partial charge in [0.15, 0.2) is 0 Å². The first-order valence-electron chi connectivity index (χ1n) is 9.33. The Kier molecular flexibility index (Phi) is 4.90. The molecule has 140 valence electrons. The summed E-state index contributed by atoms with van der Waals surface area (Å²) in [4.78, 5) is 26.2. The van der Waals surface area contributed by atoms with E-state index in [2.05, 4.69) is 35.4 Å². The molecule has 2 heterocycles. The molecule has 2 aromatic carbocycles. The molecule has 2 amide bonds. The van der Waals surface area contributed by atoms with Crippen LogP contribution in [-0.2, 0) is 20.7 Å². The van der Waals surface area contributed by atoms with E-state index in [0.717, 1.165) is 6.42 Å². The van der Waals surface area contributed by atoms with Gasteiger partial charge < -0.3 is 9.64 Å². The normalized spacial score (nSPS) is 20.7. The van der Waals surface area contributed by atoms with E-state index in [4.69, 9.17) is 4.74 Å². The minimum absolute atomic E-state index is 0.0444. The molecule has 0 unspecified atom stereocenters. The molecule has 2 aliphatic rings. The highest BCUT2D eigenvalue weighted by Crippen LogP contribution is 2.22. The highest BCUT2D eigenvalue weighted by molar-refractivity contribution is 6.39. The summed E-state index contributed by atoms with van der Waals surface area (Å²) >= 11 is 0. The van der Waals surface area contributed by atoms with Crippen LogP contribution in [0, 0.1) is 0 Å². The van der Waals surface area contributed by atoms with Crippen molar-refractivity contribution in [3.63, 3.8) is 0 Å². The lowest BCUT2D eigenvalue weighted by molar-refractivity contribution is -0.133. The summed E-state index contributed by atoms with van der Waals surface area (Å²) in [6.45, 7) is 1.61. The molecule has 0 aliphatic carbocycles. The third kappa shape index (κ3) is 3.71. The molecule has 6 heteroatoms. The molecule has 0 radical (unpaired) electrons. The topological polar surface area (TPSA) is 62.2 Å². The predicted molar refractivity (Wildman–Crippen MR) is 103 cm³/mol. The lowest BCUT2D eigenvalue weighted by Crippen LogP contribution is -2.49. The van der Waals surface area contributed by atoms with Gasteiger partial charge in [-0.25, -0.2) is 5.01 Å². The highest BCUT2D eigenvalue weighted by Gasteiger charge is 2.30. The van der Waals surface area contributed by atoms with Gasteiger partial charge in [-0.05, 0) is 16.3 Å². The number of fused-ring (bicyclic) bond motifs is 1. The van der Waals surface area contributed by atoms with Gasteiger partial charge in [-0.15, -0.1) is 0 Å². The number of rotatable bonds is 3. The highest BCUT2D eigenvalue weighted by atomic mass is 16.5. The van der Waals surface area contributed by atoms with Gasteiger partial charge >= 0.3 is 0 Å². The molecule has 0 saturated carbocycles. The first-order chi connectivity index (χ1) is 13.1. The summed E-state index contributed by atoms with van der Waals surface area (Å²) < 4.78 is 5.94. The minimum Gasteiger partial charge on any atom is -0.374 e. The van der Waals surface area contributed by atoms with Crippen molar-refractivity contribution in [2.75, 3.05) is 26.7 Å². The van der Waals surface area contributed by atoms with Gasteiger partial charge in [-0.1, -0.05) is 42.5 Å². The molecule has 0 spiro atoms. The zero-order valence-electron chi connectivity index (χ0n) is 15.4. The second-order valence-electron chi connectivity index (χ2n) is 7.05. The molecule has 2 aliphatic heterocycles. The van der Waals surface area contributed by atoms with Crippen LogP contribution in [0.4, 0.5) is 0 Å². The maximum absolute atomic E-state index is 12.8. The quantitative estimate of drug-likeness (QED) is 0.838. The molecule has 0 bridgehead atoms. The van der Waals surface area contributed by atoms with Gasteiger partial charge in [0.05, 0.1) is 12.7 Å². The Morgan fingerprint density at radius 1 is 1.19 bits per heavy atom. The molecule has 4 rings (SSSR count). The Balaban J connectivity index is 1.47. The summed E-state index contributed by atoms with van der Waals surface area (Å²) in [7, 11) is 1.59. The zero-order chi connectivity index (χ0) is 18.8. The van der Waals surface area contributed by atoms with E-state index >= 15 is 0 Å².